The van der Waals surface area contributed by atoms with E-state index in [9.17, 15) is 5.26 Å². The first-order valence-corrected chi connectivity index (χ1v) is 5.99. The van der Waals surface area contributed by atoms with E-state index in [0.29, 0.717) is 6.04 Å². The molecule has 0 aromatic carbocycles. The van der Waals surface area contributed by atoms with Crippen molar-refractivity contribution >= 4 is 0 Å². The molecule has 0 amide bonds. The van der Waals surface area contributed by atoms with E-state index in [1.807, 2.05) is 7.05 Å². The fourth-order valence-corrected chi connectivity index (χ4v) is 2.64. The number of nitrogens with zero attached hydrogens (tertiary/aromatic N) is 2. The molecule has 3 heteroatoms. The molecular formula is C12H21N3. The Morgan fingerprint density at radius 3 is 2.67 bits per heavy atom. The topological polar surface area (TPSA) is 39.1 Å². The van der Waals surface area contributed by atoms with Crippen LogP contribution in [0.2, 0.25) is 0 Å². The van der Waals surface area contributed by atoms with Gasteiger partial charge in [-0.2, -0.15) is 5.26 Å². The van der Waals surface area contributed by atoms with E-state index in [-0.39, 0.29) is 5.54 Å². The van der Waals surface area contributed by atoms with Gasteiger partial charge < -0.3 is 10.2 Å². The van der Waals surface area contributed by atoms with Crippen molar-refractivity contribution in [2.45, 2.75) is 43.7 Å². The molecule has 0 spiro atoms. The third-order valence-electron chi connectivity index (χ3n) is 4.05. The van der Waals surface area contributed by atoms with Crippen molar-refractivity contribution in [2.75, 3.05) is 20.6 Å². The largest absolute Gasteiger partial charge is 0.303 e. The smallest absolute Gasteiger partial charge is 0.108 e. The molecule has 0 aliphatic heterocycles. The van der Waals surface area contributed by atoms with E-state index in [4.69, 9.17) is 0 Å². The molecule has 2 unspecified atom stereocenters. The van der Waals surface area contributed by atoms with Crippen LogP contribution in [0.4, 0.5) is 0 Å². The van der Waals surface area contributed by atoms with Crippen LogP contribution < -0.4 is 5.32 Å². The van der Waals surface area contributed by atoms with Crippen molar-refractivity contribution in [1.82, 2.24) is 10.2 Å². The summed E-state index contributed by atoms with van der Waals surface area (Å²) < 4.78 is 0. The molecule has 0 radical (unpaired) electrons. The average molecular weight is 207 g/mol. The molecule has 0 aromatic heterocycles. The highest BCUT2D eigenvalue weighted by molar-refractivity contribution is 5.12. The summed E-state index contributed by atoms with van der Waals surface area (Å²) >= 11 is 0. The molecule has 84 valence electrons. The van der Waals surface area contributed by atoms with E-state index < -0.39 is 0 Å². The number of hydrogen-bond donors (Lipinski definition) is 1. The van der Waals surface area contributed by atoms with E-state index in [0.717, 1.165) is 25.2 Å². The predicted octanol–water partition coefficient (Wildman–Crippen LogP) is 1.36. The van der Waals surface area contributed by atoms with Gasteiger partial charge >= 0.3 is 0 Å². The lowest BCUT2D eigenvalue weighted by Crippen LogP contribution is -2.41. The van der Waals surface area contributed by atoms with Gasteiger partial charge in [0, 0.05) is 12.6 Å². The van der Waals surface area contributed by atoms with E-state index in [2.05, 4.69) is 23.3 Å². The molecule has 2 rings (SSSR count). The molecule has 2 fully saturated rings. The Hall–Kier alpha value is -0.590. The molecule has 2 saturated carbocycles. The number of nitriles is 1. The highest BCUT2D eigenvalue weighted by atomic mass is 15.1. The number of rotatable bonds is 4. The third-order valence-corrected chi connectivity index (χ3v) is 4.05. The maximum Gasteiger partial charge on any atom is 0.108 e. The monoisotopic (exact) mass is 207 g/mol. The van der Waals surface area contributed by atoms with Crippen LogP contribution in [-0.2, 0) is 0 Å². The normalized spacial score (nSPS) is 35.7. The standard InChI is InChI=1S/C12H21N3/c1-14-12(9-13)6-5-11(7-12)15(2)8-10-3-4-10/h10-11,14H,3-8H2,1-2H3. The van der Waals surface area contributed by atoms with Gasteiger partial charge in [-0.05, 0) is 52.1 Å². The summed E-state index contributed by atoms with van der Waals surface area (Å²) in [7, 11) is 4.12. The van der Waals surface area contributed by atoms with Crippen LogP contribution in [0.15, 0.2) is 0 Å². The van der Waals surface area contributed by atoms with E-state index in [1.54, 1.807) is 0 Å². The molecule has 0 heterocycles. The van der Waals surface area contributed by atoms with Crippen molar-refractivity contribution in [3.05, 3.63) is 0 Å². The van der Waals surface area contributed by atoms with Gasteiger partial charge in [0.2, 0.25) is 0 Å². The highest BCUT2D eigenvalue weighted by Crippen LogP contribution is 2.35. The Balaban J connectivity index is 1.88. The zero-order valence-corrected chi connectivity index (χ0v) is 9.79. The summed E-state index contributed by atoms with van der Waals surface area (Å²) in [4.78, 5) is 2.47. The van der Waals surface area contributed by atoms with Crippen LogP contribution in [0.1, 0.15) is 32.1 Å². The minimum absolute atomic E-state index is 0.248. The molecular weight excluding hydrogens is 186 g/mol. The second kappa shape index (κ2) is 4.11. The second-order valence-electron chi connectivity index (χ2n) is 5.22. The average Bonchev–Trinajstić information content (AvgIpc) is 2.96. The van der Waals surface area contributed by atoms with Crippen LogP contribution in [0.5, 0.6) is 0 Å². The first-order chi connectivity index (χ1) is 7.19. The molecule has 0 bridgehead atoms. The Bertz CT molecular complexity index is 267. The minimum atomic E-state index is -0.248. The van der Waals surface area contributed by atoms with Crippen molar-refractivity contribution in [3.8, 4) is 6.07 Å². The van der Waals surface area contributed by atoms with Gasteiger partial charge in [-0.3, -0.25) is 0 Å². The van der Waals surface area contributed by atoms with Crippen LogP contribution in [0.3, 0.4) is 0 Å². The van der Waals surface area contributed by atoms with Gasteiger partial charge in [0.05, 0.1) is 6.07 Å². The predicted molar refractivity (Wildman–Crippen MR) is 60.4 cm³/mol. The quantitative estimate of drug-likeness (QED) is 0.756. The summed E-state index contributed by atoms with van der Waals surface area (Å²) in [5.74, 6) is 0.946. The van der Waals surface area contributed by atoms with Crippen LogP contribution in [-0.4, -0.2) is 37.1 Å². The van der Waals surface area contributed by atoms with Crippen LogP contribution in [0.25, 0.3) is 0 Å². The summed E-state index contributed by atoms with van der Waals surface area (Å²) in [6.45, 7) is 1.23. The fraction of sp³-hybridized carbons (Fsp3) is 0.917. The molecule has 1 N–H and O–H groups in total. The first kappa shape index (κ1) is 10.9. The minimum Gasteiger partial charge on any atom is -0.303 e. The Kier molecular flexibility index (Phi) is 2.99. The summed E-state index contributed by atoms with van der Waals surface area (Å²) in [6, 6.07) is 3.05. The zero-order valence-electron chi connectivity index (χ0n) is 9.79. The Morgan fingerprint density at radius 2 is 2.20 bits per heavy atom. The lowest BCUT2D eigenvalue weighted by Gasteiger charge is -2.26. The molecule has 15 heavy (non-hydrogen) atoms. The fourth-order valence-electron chi connectivity index (χ4n) is 2.64. The van der Waals surface area contributed by atoms with Gasteiger partial charge in [-0.25, -0.2) is 0 Å². The number of hydrogen-bond acceptors (Lipinski definition) is 3. The van der Waals surface area contributed by atoms with Crippen molar-refractivity contribution < 1.29 is 0 Å². The summed E-state index contributed by atoms with van der Waals surface area (Å²) in [6.07, 6.45) is 5.97. The first-order valence-electron chi connectivity index (χ1n) is 5.99. The number of nitrogens with one attached hydrogen (secondary N) is 1. The highest BCUT2D eigenvalue weighted by Gasteiger charge is 2.40. The van der Waals surface area contributed by atoms with Crippen molar-refractivity contribution in [2.24, 2.45) is 5.92 Å². The molecule has 3 nitrogen and oxygen atoms in total. The third kappa shape index (κ3) is 2.32. The van der Waals surface area contributed by atoms with E-state index >= 15 is 0 Å². The Morgan fingerprint density at radius 1 is 1.47 bits per heavy atom. The van der Waals surface area contributed by atoms with Gasteiger partial charge in [-0.1, -0.05) is 0 Å². The lowest BCUT2D eigenvalue weighted by molar-refractivity contribution is 0.228. The SMILES string of the molecule is CNC1(C#N)CCC(N(C)CC2CC2)C1. The maximum atomic E-state index is 9.18. The molecule has 2 aliphatic carbocycles. The van der Waals surface area contributed by atoms with E-state index in [1.165, 1.54) is 19.4 Å². The molecule has 0 aromatic rings. The van der Waals surface area contributed by atoms with Gasteiger partial charge in [0.1, 0.15) is 5.54 Å². The summed E-state index contributed by atoms with van der Waals surface area (Å²) in [5.41, 5.74) is -0.248. The molecule has 2 atom stereocenters. The zero-order chi connectivity index (χ0) is 10.9. The molecule has 2 aliphatic rings. The van der Waals surface area contributed by atoms with Crippen LogP contribution >= 0.6 is 0 Å². The lowest BCUT2D eigenvalue weighted by atomic mass is 10.00. The Labute approximate surface area is 92.4 Å². The second-order valence-corrected chi connectivity index (χ2v) is 5.22. The summed E-state index contributed by atoms with van der Waals surface area (Å²) in [5, 5.41) is 12.4. The van der Waals surface area contributed by atoms with Crippen molar-refractivity contribution in [1.29, 1.82) is 5.26 Å². The van der Waals surface area contributed by atoms with Crippen LogP contribution in [0, 0.1) is 17.2 Å². The maximum absolute atomic E-state index is 9.18. The van der Waals surface area contributed by atoms with Gasteiger partial charge in [0.25, 0.3) is 0 Å². The van der Waals surface area contributed by atoms with Crippen molar-refractivity contribution in [3.63, 3.8) is 0 Å². The van der Waals surface area contributed by atoms with Gasteiger partial charge in [-0.15, -0.1) is 0 Å². The molecule has 0 saturated heterocycles. The van der Waals surface area contributed by atoms with Gasteiger partial charge in [0.15, 0.2) is 0 Å².